The Labute approximate surface area is 221 Å². The second kappa shape index (κ2) is 9.21. The first kappa shape index (κ1) is 23.0. The number of rotatable bonds is 4. The van der Waals surface area contributed by atoms with E-state index in [1.807, 2.05) is 83.6 Å². The zero-order valence-corrected chi connectivity index (χ0v) is 21.2. The largest absolute Gasteiger partial charge is 0.342 e. The normalized spacial score (nSPS) is 15.1. The lowest BCUT2D eigenvalue weighted by Crippen LogP contribution is -2.27. The highest BCUT2D eigenvalue weighted by Crippen LogP contribution is 2.39. The molecule has 7 heteroatoms. The quantitative estimate of drug-likeness (QED) is 0.174. The molecule has 2 heterocycles. The van der Waals surface area contributed by atoms with E-state index < -0.39 is 0 Å². The molecule has 0 bridgehead atoms. The molecule has 36 heavy (non-hydrogen) atoms. The van der Waals surface area contributed by atoms with Gasteiger partial charge in [0, 0.05) is 38.6 Å². The van der Waals surface area contributed by atoms with Gasteiger partial charge in [0.05, 0.1) is 17.1 Å². The SMILES string of the molecule is O=C1/C(=C/c2cn(Cc3c(F)cccc3Cl)c3ccccc23)SC(=S)N1c1cccc2ccccc12. The zero-order valence-electron chi connectivity index (χ0n) is 18.8. The van der Waals surface area contributed by atoms with E-state index in [0.717, 1.165) is 32.9 Å². The van der Waals surface area contributed by atoms with E-state index in [1.54, 1.807) is 17.0 Å². The summed E-state index contributed by atoms with van der Waals surface area (Å²) in [6.07, 6.45) is 3.80. The maximum absolute atomic E-state index is 14.5. The minimum atomic E-state index is -0.349. The second-order valence-corrected chi connectivity index (χ2v) is 10.5. The van der Waals surface area contributed by atoms with Crippen LogP contribution in [0.1, 0.15) is 11.1 Å². The third-order valence-electron chi connectivity index (χ3n) is 6.30. The van der Waals surface area contributed by atoms with Crippen molar-refractivity contribution in [2.75, 3.05) is 4.90 Å². The second-order valence-electron chi connectivity index (χ2n) is 8.45. The van der Waals surface area contributed by atoms with Gasteiger partial charge in [-0.25, -0.2) is 4.39 Å². The highest BCUT2D eigenvalue weighted by atomic mass is 35.5. The Morgan fingerprint density at radius 1 is 0.917 bits per heavy atom. The van der Waals surface area contributed by atoms with Crippen LogP contribution in [0.25, 0.3) is 27.8 Å². The molecular weight excluding hydrogens is 511 g/mol. The first-order valence-electron chi connectivity index (χ1n) is 11.3. The number of anilines is 1. The number of hydrogen-bond acceptors (Lipinski definition) is 3. The Bertz CT molecular complexity index is 1700. The van der Waals surface area contributed by atoms with E-state index in [4.69, 9.17) is 23.8 Å². The molecule has 6 rings (SSSR count). The van der Waals surface area contributed by atoms with E-state index in [9.17, 15) is 9.18 Å². The summed E-state index contributed by atoms with van der Waals surface area (Å²) < 4.78 is 16.9. The highest BCUT2D eigenvalue weighted by Gasteiger charge is 2.34. The Hall–Kier alpha value is -3.45. The van der Waals surface area contributed by atoms with Crippen LogP contribution in [0.15, 0.2) is 96.0 Å². The van der Waals surface area contributed by atoms with Gasteiger partial charge in [-0.15, -0.1) is 0 Å². The van der Waals surface area contributed by atoms with E-state index in [2.05, 4.69) is 0 Å². The van der Waals surface area contributed by atoms with Crippen LogP contribution in [-0.4, -0.2) is 14.8 Å². The van der Waals surface area contributed by atoms with Crippen molar-refractivity contribution in [1.82, 2.24) is 4.57 Å². The van der Waals surface area contributed by atoms with Crippen molar-refractivity contribution in [3.8, 4) is 0 Å². The number of thioether (sulfide) groups is 1. The number of fused-ring (bicyclic) bond motifs is 2. The fourth-order valence-electron chi connectivity index (χ4n) is 4.59. The summed E-state index contributed by atoms with van der Waals surface area (Å²) in [6, 6.07) is 26.3. The number of carbonyl (C=O) groups is 1. The van der Waals surface area contributed by atoms with E-state index in [-0.39, 0.29) is 18.3 Å². The zero-order chi connectivity index (χ0) is 24.8. The van der Waals surface area contributed by atoms with Gasteiger partial charge in [0.1, 0.15) is 5.82 Å². The minimum absolute atomic E-state index is 0.157. The number of hydrogen-bond donors (Lipinski definition) is 0. The fourth-order valence-corrected chi connectivity index (χ4v) is 6.09. The van der Waals surface area contributed by atoms with Crippen molar-refractivity contribution >= 4 is 79.2 Å². The summed E-state index contributed by atoms with van der Waals surface area (Å²) in [7, 11) is 0. The van der Waals surface area contributed by atoms with Gasteiger partial charge in [-0.2, -0.15) is 0 Å². The molecule has 4 aromatic carbocycles. The lowest BCUT2D eigenvalue weighted by atomic mass is 10.1. The predicted octanol–water partition coefficient (Wildman–Crippen LogP) is 8.04. The van der Waals surface area contributed by atoms with Crippen LogP contribution in [-0.2, 0) is 11.3 Å². The molecule has 5 aromatic rings. The monoisotopic (exact) mass is 528 g/mol. The molecule has 1 amide bonds. The van der Waals surface area contributed by atoms with Gasteiger partial charge in [-0.05, 0) is 35.7 Å². The van der Waals surface area contributed by atoms with E-state index in [1.165, 1.54) is 17.8 Å². The van der Waals surface area contributed by atoms with Gasteiger partial charge in [0.15, 0.2) is 4.32 Å². The van der Waals surface area contributed by atoms with Crippen LogP contribution in [0.5, 0.6) is 0 Å². The smallest absolute Gasteiger partial charge is 0.270 e. The van der Waals surface area contributed by atoms with Gasteiger partial charge in [0.2, 0.25) is 0 Å². The van der Waals surface area contributed by atoms with E-state index >= 15 is 0 Å². The lowest BCUT2D eigenvalue weighted by molar-refractivity contribution is -0.113. The maximum atomic E-state index is 14.5. The molecular formula is C29H18ClFN2OS2. The van der Waals surface area contributed by atoms with Crippen molar-refractivity contribution in [2.24, 2.45) is 0 Å². The number of aromatic nitrogens is 1. The van der Waals surface area contributed by atoms with Crippen molar-refractivity contribution in [1.29, 1.82) is 0 Å². The number of nitrogens with zero attached hydrogens (tertiary/aromatic N) is 2. The van der Waals surface area contributed by atoms with Crippen LogP contribution in [0.3, 0.4) is 0 Å². The minimum Gasteiger partial charge on any atom is -0.342 e. The third-order valence-corrected chi connectivity index (χ3v) is 7.95. The summed E-state index contributed by atoms with van der Waals surface area (Å²) in [5.41, 5.74) is 2.98. The molecule has 1 aliphatic rings. The Morgan fingerprint density at radius 3 is 2.47 bits per heavy atom. The number of benzene rings is 4. The Kier molecular flexibility index (Phi) is 5.88. The molecule has 0 atom stereocenters. The molecule has 176 valence electrons. The Balaban J connectivity index is 1.41. The third kappa shape index (κ3) is 3.91. The predicted molar refractivity (Wildman–Crippen MR) is 152 cm³/mol. The number of thiocarbonyl (C=S) groups is 1. The van der Waals surface area contributed by atoms with E-state index in [0.29, 0.717) is 19.8 Å². The van der Waals surface area contributed by atoms with Gasteiger partial charge in [-0.1, -0.05) is 96.2 Å². The fraction of sp³-hybridized carbons (Fsp3) is 0.0345. The van der Waals surface area contributed by atoms with Crippen LogP contribution in [0, 0.1) is 5.82 Å². The number of amides is 1. The van der Waals surface area contributed by atoms with Crippen LogP contribution < -0.4 is 4.90 Å². The molecule has 1 saturated heterocycles. The van der Waals surface area contributed by atoms with Crippen LogP contribution in [0.4, 0.5) is 10.1 Å². The molecule has 0 spiro atoms. The summed E-state index contributed by atoms with van der Waals surface area (Å²) >= 11 is 13.2. The first-order valence-corrected chi connectivity index (χ1v) is 12.9. The highest BCUT2D eigenvalue weighted by molar-refractivity contribution is 8.27. The topological polar surface area (TPSA) is 25.2 Å². The molecule has 1 fully saturated rings. The van der Waals surface area contributed by atoms with Crippen LogP contribution in [0.2, 0.25) is 5.02 Å². The van der Waals surface area contributed by atoms with Gasteiger partial charge in [-0.3, -0.25) is 9.69 Å². The summed E-state index contributed by atoms with van der Waals surface area (Å²) in [5, 5.41) is 3.35. The molecule has 3 nitrogen and oxygen atoms in total. The molecule has 0 N–H and O–H groups in total. The number of halogens is 2. The first-order chi connectivity index (χ1) is 17.5. The average molecular weight is 529 g/mol. The van der Waals surface area contributed by atoms with Gasteiger partial charge >= 0.3 is 0 Å². The van der Waals surface area contributed by atoms with Crippen molar-refractivity contribution in [3.63, 3.8) is 0 Å². The summed E-state index contributed by atoms with van der Waals surface area (Å²) in [5.74, 6) is -0.506. The van der Waals surface area contributed by atoms with Crippen molar-refractivity contribution in [3.05, 3.63) is 118 Å². The molecule has 1 aromatic heterocycles. The summed E-state index contributed by atoms with van der Waals surface area (Å²) in [4.78, 5) is 15.7. The van der Waals surface area contributed by atoms with Gasteiger partial charge in [0.25, 0.3) is 5.91 Å². The summed E-state index contributed by atoms with van der Waals surface area (Å²) in [6.45, 7) is 0.275. The van der Waals surface area contributed by atoms with Gasteiger partial charge < -0.3 is 4.57 Å². The molecule has 0 aliphatic carbocycles. The average Bonchev–Trinajstić information content (AvgIpc) is 3.37. The lowest BCUT2D eigenvalue weighted by Gasteiger charge is -2.17. The molecule has 1 aliphatic heterocycles. The number of carbonyl (C=O) groups excluding carboxylic acids is 1. The van der Waals surface area contributed by atoms with Crippen molar-refractivity contribution < 1.29 is 9.18 Å². The molecule has 0 radical (unpaired) electrons. The van der Waals surface area contributed by atoms with Crippen molar-refractivity contribution in [2.45, 2.75) is 6.54 Å². The Morgan fingerprint density at radius 2 is 1.64 bits per heavy atom. The standard InChI is InChI=1S/C29H18ClFN2OS2/c30-23-11-6-12-24(31)22(23)17-32-16-19(21-10-3-4-13-25(21)32)15-27-28(34)33(29(35)36-27)26-14-5-8-18-7-1-2-9-20(18)26/h1-16H,17H2/b27-15-. The molecule has 0 unspecified atom stereocenters. The maximum Gasteiger partial charge on any atom is 0.270 e. The number of para-hydroxylation sites is 1. The van der Waals surface area contributed by atoms with Crippen LogP contribution >= 0.6 is 35.6 Å². The molecule has 0 saturated carbocycles.